The van der Waals surface area contributed by atoms with E-state index in [1.807, 2.05) is 30.0 Å². The summed E-state index contributed by atoms with van der Waals surface area (Å²) in [6.07, 6.45) is 1.51. The maximum atomic E-state index is 12.5. The van der Waals surface area contributed by atoms with E-state index in [9.17, 15) is 4.79 Å². The van der Waals surface area contributed by atoms with Gasteiger partial charge in [-0.05, 0) is 35.6 Å². The summed E-state index contributed by atoms with van der Waals surface area (Å²) < 4.78 is 0. The number of rotatable bonds is 3. The molecule has 1 fully saturated rings. The Morgan fingerprint density at radius 3 is 2.81 bits per heavy atom. The van der Waals surface area contributed by atoms with E-state index < -0.39 is 0 Å². The highest BCUT2D eigenvalue weighted by atomic mass is 16.2. The lowest BCUT2D eigenvalue weighted by Gasteiger charge is -2.18. The number of carbonyl (C=O) groups excluding carboxylic acids is 1. The molecule has 2 aromatic rings. The van der Waals surface area contributed by atoms with E-state index in [4.69, 9.17) is 5.73 Å². The fourth-order valence-corrected chi connectivity index (χ4v) is 3.16. The summed E-state index contributed by atoms with van der Waals surface area (Å²) in [6.45, 7) is 3.68. The molecule has 110 valence electrons. The molecule has 2 unspecified atom stereocenters. The molecule has 0 aliphatic carbocycles. The van der Waals surface area contributed by atoms with Crippen molar-refractivity contribution < 1.29 is 4.79 Å². The molecule has 1 aliphatic heterocycles. The lowest BCUT2D eigenvalue weighted by atomic mass is 10.0. The third kappa shape index (κ3) is 2.93. The van der Waals surface area contributed by atoms with Crippen molar-refractivity contribution in [3.8, 4) is 0 Å². The zero-order valence-electron chi connectivity index (χ0n) is 12.5. The molecule has 3 rings (SSSR count). The Balaban J connectivity index is 1.75. The average molecular weight is 282 g/mol. The largest absolute Gasteiger partial charge is 0.342 e. The van der Waals surface area contributed by atoms with Crippen molar-refractivity contribution in [2.24, 2.45) is 11.7 Å². The number of nitrogens with zero attached hydrogens (tertiary/aromatic N) is 1. The van der Waals surface area contributed by atoms with Crippen LogP contribution in [0.1, 0.15) is 18.9 Å². The summed E-state index contributed by atoms with van der Waals surface area (Å²) in [5, 5.41) is 2.37. The maximum Gasteiger partial charge on any atom is 0.227 e. The van der Waals surface area contributed by atoms with Gasteiger partial charge in [0.1, 0.15) is 0 Å². The second kappa shape index (κ2) is 5.86. The maximum absolute atomic E-state index is 12.5. The number of benzene rings is 2. The number of fused-ring (bicyclic) bond motifs is 1. The normalized spacial score (nSPS) is 19.9. The average Bonchev–Trinajstić information content (AvgIpc) is 2.98. The molecule has 1 amide bonds. The van der Waals surface area contributed by atoms with Gasteiger partial charge >= 0.3 is 0 Å². The predicted octanol–water partition coefficient (Wildman–Crippen LogP) is 2.58. The zero-order chi connectivity index (χ0) is 14.8. The lowest BCUT2D eigenvalue weighted by molar-refractivity contribution is -0.129. The quantitative estimate of drug-likeness (QED) is 0.940. The first-order chi connectivity index (χ1) is 10.1. The van der Waals surface area contributed by atoms with Crippen LogP contribution < -0.4 is 5.73 Å². The van der Waals surface area contributed by atoms with Crippen LogP contribution in [0.25, 0.3) is 10.8 Å². The van der Waals surface area contributed by atoms with Crippen LogP contribution >= 0.6 is 0 Å². The molecule has 0 bridgehead atoms. The van der Waals surface area contributed by atoms with Gasteiger partial charge < -0.3 is 10.6 Å². The SMILES string of the molecule is CC(N)C1CCN(C(=O)Cc2cccc3ccccc23)C1. The minimum atomic E-state index is 0.167. The van der Waals surface area contributed by atoms with Crippen LogP contribution in [0, 0.1) is 5.92 Å². The molecule has 21 heavy (non-hydrogen) atoms. The Bertz CT molecular complexity index is 645. The lowest BCUT2D eigenvalue weighted by Crippen LogP contribution is -2.33. The van der Waals surface area contributed by atoms with Gasteiger partial charge in [0, 0.05) is 19.1 Å². The third-order valence-corrected chi connectivity index (χ3v) is 4.54. The van der Waals surface area contributed by atoms with Crippen molar-refractivity contribution in [3.63, 3.8) is 0 Å². The zero-order valence-corrected chi connectivity index (χ0v) is 12.5. The highest BCUT2D eigenvalue weighted by Crippen LogP contribution is 2.22. The summed E-state index contributed by atoms with van der Waals surface area (Å²) in [7, 11) is 0. The van der Waals surface area contributed by atoms with Crippen LogP contribution in [0.3, 0.4) is 0 Å². The Labute approximate surface area is 125 Å². The standard InChI is InChI=1S/C18H22N2O/c1-13(19)16-9-10-20(12-16)18(21)11-15-7-4-6-14-5-2-3-8-17(14)15/h2-8,13,16H,9-12,19H2,1H3. The molecule has 2 N–H and O–H groups in total. The first kappa shape index (κ1) is 14.1. The van der Waals surface area contributed by atoms with Crippen molar-refractivity contribution in [2.45, 2.75) is 25.8 Å². The molecule has 1 aliphatic rings. The number of nitrogens with two attached hydrogens (primary N) is 1. The Kier molecular flexibility index (Phi) is 3.93. The molecule has 2 atom stereocenters. The summed E-state index contributed by atoms with van der Waals surface area (Å²) in [5.74, 6) is 0.663. The molecule has 2 aromatic carbocycles. The monoisotopic (exact) mass is 282 g/mol. The van der Waals surface area contributed by atoms with Crippen LogP contribution in [0.5, 0.6) is 0 Å². The first-order valence-electron chi connectivity index (χ1n) is 7.65. The summed E-state index contributed by atoms with van der Waals surface area (Å²) in [5.41, 5.74) is 7.06. The molecule has 0 spiro atoms. The minimum absolute atomic E-state index is 0.167. The van der Waals surface area contributed by atoms with E-state index in [1.165, 1.54) is 10.8 Å². The van der Waals surface area contributed by atoms with Gasteiger partial charge in [-0.25, -0.2) is 0 Å². The Morgan fingerprint density at radius 2 is 2.05 bits per heavy atom. The van der Waals surface area contributed by atoms with Gasteiger partial charge in [0.25, 0.3) is 0 Å². The summed E-state index contributed by atoms with van der Waals surface area (Å²) in [4.78, 5) is 14.5. The Morgan fingerprint density at radius 1 is 1.29 bits per heavy atom. The second-order valence-corrected chi connectivity index (χ2v) is 6.06. The van der Waals surface area contributed by atoms with E-state index >= 15 is 0 Å². The van der Waals surface area contributed by atoms with Crippen molar-refractivity contribution >= 4 is 16.7 Å². The minimum Gasteiger partial charge on any atom is -0.342 e. The Hall–Kier alpha value is -1.87. The highest BCUT2D eigenvalue weighted by Gasteiger charge is 2.28. The topological polar surface area (TPSA) is 46.3 Å². The van der Waals surface area contributed by atoms with Gasteiger partial charge in [0.05, 0.1) is 6.42 Å². The van der Waals surface area contributed by atoms with E-state index in [2.05, 4.69) is 24.3 Å². The van der Waals surface area contributed by atoms with Gasteiger partial charge in [0.15, 0.2) is 0 Å². The van der Waals surface area contributed by atoms with Gasteiger partial charge in [0.2, 0.25) is 5.91 Å². The number of amides is 1. The molecule has 0 aromatic heterocycles. The molecule has 3 heteroatoms. The highest BCUT2D eigenvalue weighted by molar-refractivity contribution is 5.90. The van der Waals surface area contributed by atoms with Gasteiger partial charge in [-0.1, -0.05) is 42.5 Å². The predicted molar refractivity (Wildman–Crippen MR) is 86.0 cm³/mol. The van der Waals surface area contributed by atoms with Crippen molar-refractivity contribution in [1.82, 2.24) is 4.90 Å². The van der Waals surface area contributed by atoms with Crippen LogP contribution in [0.4, 0.5) is 0 Å². The molecule has 0 saturated carbocycles. The fraction of sp³-hybridized carbons (Fsp3) is 0.389. The number of likely N-dealkylation sites (tertiary alicyclic amines) is 1. The first-order valence-corrected chi connectivity index (χ1v) is 7.65. The van der Waals surface area contributed by atoms with Gasteiger partial charge in [-0.15, -0.1) is 0 Å². The van der Waals surface area contributed by atoms with Gasteiger partial charge in [-0.2, -0.15) is 0 Å². The second-order valence-electron chi connectivity index (χ2n) is 6.06. The van der Waals surface area contributed by atoms with E-state index in [1.54, 1.807) is 0 Å². The van der Waals surface area contributed by atoms with Crippen molar-refractivity contribution in [2.75, 3.05) is 13.1 Å². The van der Waals surface area contributed by atoms with E-state index in [0.717, 1.165) is 25.1 Å². The third-order valence-electron chi connectivity index (χ3n) is 4.54. The number of hydrogen-bond donors (Lipinski definition) is 1. The molecular formula is C18H22N2O. The van der Waals surface area contributed by atoms with Crippen LogP contribution in [0.15, 0.2) is 42.5 Å². The van der Waals surface area contributed by atoms with Crippen LogP contribution in [-0.2, 0) is 11.2 Å². The molecule has 3 nitrogen and oxygen atoms in total. The summed E-state index contributed by atoms with van der Waals surface area (Å²) >= 11 is 0. The van der Waals surface area contributed by atoms with Crippen LogP contribution in [-0.4, -0.2) is 29.9 Å². The van der Waals surface area contributed by atoms with Crippen molar-refractivity contribution in [3.05, 3.63) is 48.0 Å². The molecule has 1 saturated heterocycles. The van der Waals surface area contributed by atoms with Gasteiger partial charge in [-0.3, -0.25) is 4.79 Å². The number of hydrogen-bond acceptors (Lipinski definition) is 2. The van der Waals surface area contributed by atoms with Crippen LogP contribution in [0.2, 0.25) is 0 Å². The van der Waals surface area contributed by atoms with E-state index in [-0.39, 0.29) is 11.9 Å². The summed E-state index contributed by atoms with van der Waals surface area (Å²) in [6, 6.07) is 14.6. The van der Waals surface area contributed by atoms with E-state index in [0.29, 0.717) is 12.3 Å². The fourth-order valence-electron chi connectivity index (χ4n) is 3.16. The molecule has 0 radical (unpaired) electrons. The number of carbonyl (C=O) groups is 1. The molecular weight excluding hydrogens is 260 g/mol. The smallest absolute Gasteiger partial charge is 0.227 e. The molecule has 1 heterocycles. The van der Waals surface area contributed by atoms with Crippen molar-refractivity contribution in [1.29, 1.82) is 0 Å².